The average molecular weight is 169 g/mol. The highest BCUT2D eigenvalue weighted by molar-refractivity contribution is 5.02. The molecular formula is C10H19NO. The van der Waals surface area contributed by atoms with Gasteiger partial charge >= 0.3 is 0 Å². The lowest BCUT2D eigenvalue weighted by molar-refractivity contribution is 0.0431. The van der Waals surface area contributed by atoms with Gasteiger partial charge in [-0.1, -0.05) is 0 Å². The third-order valence-electron chi connectivity index (χ3n) is 3.32. The summed E-state index contributed by atoms with van der Waals surface area (Å²) in [6, 6.07) is 0. The minimum atomic E-state index is 0.467. The first-order chi connectivity index (χ1) is 5.74. The highest BCUT2D eigenvalue weighted by Gasteiger charge is 2.43. The number of nitrogens with one attached hydrogen (secondary N) is 1. The van der Waals surface area contributed by atoms with E-state index in [9.17, 15) is 0 Å². The van der Waals surface area contributed by atoms with Crippen molar-refractivity contribution in [2.75, 3.05) is 7.05 Å². The van der Waals surface area contributed by atoms with E-state index in [2.05, 4.69) is 19.3 Å². The molecular weight excluding hydrogens is 150 g/mol. The first-order valence-electron chi connectivity index (χ1n) is 5.08. The Morgan fingerprint density at radius 2 is 2.17 bits per heavy atom. The van der Waals surface area contributed by atoms with Gasteiger partial charge < -0.3 is 10.1 Å². The van der Waals surface area contributed by atoms with Crippen LogP contribution in [-0.2, 0) is 4.74 Å². The molecule has 2 aliphatic rings. The van der Waals surface area contributed by atoms with Gasteiger partial charge in [-0.05, 0) is 46.1 Å². The molecule has 0 aromatic heterocycles. The molecule has 2 fully saturated rings. The third-order valence-corrected chi connectivity index (χ3v) is 3.32. The van der Waals surface area contributed by atoms with Crippen molar-refractivity contribution in [2.45, 2.75) is 56.8 Å². The number of ether oxygens (including phenoxy) is 1. The summed E-state index contributed by atoms with van der Waals surface area (Å²) in [5.41, 5.74) is 0.467. The quantitative estimate of drug-likeness (QED) is 0.694. The van der Waals surface area contributed by atoms with Gasteiger partial charge in [0.05, 0.1) is 12.2 Å². The van der Waals surface area contributed by atoms with Gasteiger partial charge in [0.15, 0.2) is 0 Å². The maximum Gasteiger partial charge on any atom is 0.0597 e. The van der Waals surface area contributed by atoms with E-state index in [0.717, 1.165) is 0 Å². The van der Waals surface area contributed by atoms with Crippen molar-refractivity contribution in [2.24, 2.45) is 0 Å². The molecule has 1 aliphatic carbocycles. The molecule has 0 aromatic rings. The Kier molecular flexibility index (Phi) is 2.13. The molecule has 0 radical (unpaired) electrons. The molecule has 0 aromatic carbocycles. The molecule has 2 rings (SSSR count). The van der Waals surface area contributed by atoms with Gasteiger partial charge in [0.1, 0.15) is 0 Å². The summed E-state index contributed by atoms with van der Waals surface area (Å²) < 4.78 is 5.80. The van der Waals surface area contributed by atoms with Crippen molar-refractivity contribution in [3.8, 4) is 0 Å². The average Bonchev–Trinajstić information content (AvgIpc) is 2.71. The van der Waals surface area contributed by atoms with Crippen LogP contribution in [0.1, 0.15) is 39.0 Å². The Bertz CT molecular complexity index is 165. The SMILES string of the molecule is CNC1(CC2CC[C@@H](C)O2)CC1. The number of hydrogen-bond donors (Lipinski definition) is 1. The van der Waals surface area contributed by atoms with Crippen LogP contribution < -0.4 is 5.32 Å². The maximum atomic E-state index is 5.80. The van der Waals surface area contributed by atoms with E-state index in [1.807, 2.05) is 0 Å². The highest BCUT2D eigenvalue weighted by atomic mass is 16.5. The molecule has 2 atom stereocenters. The van der Waals surface area contributed by atoms with E-state index in [4.69, 9.17) is 4.74 Å². The monoisotopic (exact) mass is 169 g/mol. The Labute approximate surface area is 74.7 Å². The Balaban J connectivity index is 1.80. The highest BCUT2D eigenvalue weighted by Crippen LogP contribution is 2.41. The standard InChI is InChI=1S/C10H19NO/c1-8-3-4-9(12-8)7-10(11-2)5-6-10/h8-9,11H,3-7H2,1-2H3/t8-,9?/m1/s1. The normalized spacial score (nSPS) is 38.5. The van der Waals surface area contributed by atoms with Crippen LogP contribution >= 0.6 is 0 Å². The second kappa shape index (κ2) is 3.00. The molecule has 1 saturated heterocycles. The van der Waals surface area contributed by atoms with Gasteiger partial charge in [0, 0.05) is 5.54 Å². The minimum absolute atomic E-state index is 0.467. The summed E-state index contributed by atoms with van der Waals surface area (Å²) in [7, 11) is 2.07. The van der Waals surface area contributed by atoms with E-state index in [1.165, 1.54) is 32.1 Å². The van der Waals surface area contributed by atoms with Gasteiger partial charge in [-0.15, -0.1) is 0 Å². The van der Waals surface area contributed by atoms with Gasteiger partial charge in [-0.3, -0.25) is 0 Å². The first kappa shape index (κ1) is 8.52. The topological polar surface area (TPSA) is 21.3 Å². The predicted octanol–water partition coefficient (Wildman–Crippen LogP) is 1.70. The van der Waals surface area contributed by atoms with Crippen molar-refractivity contribution >= 4 is 0 Å². The molecule has 1 N–H and O–H groups in total. The predicted molar refractivity (Wildman–Crippen MR) is 49.2 cm³/mol. The van der Waals surface area contributed by atoms with E-state index in [1.54, 1.807) is 0 Å². The third kappa shape index (κ3) is 1.64. The molecule has 1 heterocycles. The smallest absolute Gasteiger partial charge is 0.0597 e. The molecule has 70 valence electrons. The molecule has 0 amide bonds. The zero-order chi connectivity index (χ0) is 8.60. The summed E-state index contributed by atoms with van der Waals surface area (Å²) in [4.78, 5) is 0. The van der Waals surface area contributed by atoms with Gasteiger partial charge in [0.2, 0.25) is 0 Å². The second-order valence-electron chi connectivity index (χ2n) is 4.38. The van der Waals surface area contributed by atoms with Crippen molar-refractivity contribution < 1.29 is 4.74 Å². The summed E-state index contributed by atoms with van der Waals surface area (Å²) in [6.45, 7) is 2.18. The Morgan fingerprint density at radius 3 is 2.58 bits per heavy atom. The molecule has 2 nitrogen and oxygen atoms in total. The summed E-state index contributed by atoms with van der Waals surface area (Å²) in [5.74, 6) is 0. The lowest BCUT2D eigenvalue weighted by Gasteiger charge is -2.18. The lowest BCUT2D eigenvalue weighted by Crippen LogP contribution is -2.31. The fraction of sp³-hybridized carbons (Fsp3) is 1.00. The largest absolute Gasteiger partial charge is 0.375 e. The Hall–Kier alpha value is -0.0800. The molecule has 1 unspecified atom stereocenters. The van der Waals surface area contributed by atoms with Crippen molar-refractivity contribution in [3.05, 3.63) is 0 Å². The summed E-state index contributed by atoms with van der Waals surface area (Å²) >= 11 is 0. The van der Waals surface area contributed by atoms with Crippen LogP contribution in [0.3, 0.4) is 0 Å². The van der Waals surface area contributed by atoms with Gasteiger partial charge in [0.25, 0.3) is 0 Å². The van der Waals surface area contributed by atoms with Crippen LogP contribution in [0, 0.1) is 0 Å². The fourth-order valence-electron chi connectivity index (χ4n) is 2.18. The van der Waals surface area contributed by atoms with E-state index in [0.29, 0.717) is 17.7 Å². The minimum Gasteiger partial charge on any atom is -0.375 e. The molecule has 1 saturated carbocycles. The molecule has 12 heavy (non-hydrogen) atoms. The molecule has 1 aliphatic heterocycles. The van der Waals surface area contributed by atoms with E-state index >= 15 is 0 Å². The fourth-order valence-corrected chi connectivity index (χ4v) is 2.18. The zero-order valence-electron chi connectivity index (χ0n) is 8.10. The van der Waals surface area contributed by atoms with E-state index < -0.39 is 0 Å². The van der Waals surface area contributed by atoms with Crippen LogP contribution in [0.15, 0.2) is 0 Å². The molecule has 0 bridgehead atoms. The second-order valence-corrected chi connectivity index (χ2v) is 4.38. The molecule has 2 heteroatoms. The van der Waals surface area contributed by atoms with Crippen molar-refractivity contribution in [3.63, 3.8) is 0 Å². The number of rotatable bonds is 3. The van der Waals surface area contributed by atoms with Crippen molar-refractivity contribution in [1.29, 1.82) is 0 Å². The van der Waals surface area contributed by atoms with Crippen LogP contribution in [0.25, 0.3) is 0 Å². The summed E-state index contributed by atoms with van der Waals surface area (Å²) in [5, 5.41) is 3.41. The van der Waals surface area contributed by atoms with E-state index in [-0.39, 0.29) is 0 Å². The van der Waals surface area contributed by atoms with Crippen LogP contribution in [0.4, 0.5) is 0 Å². The Morgan fingerprint density at radius 1 is 1.42 bits per heavy atom. The maximum absolute atomic E-state index is 5.80. The van der Waals surface area contributed by atoms with Crippen LogP contribution in [0.2, 0.25) is 0 Å². The van der Waals surface area contributed by atoms with Gasteiger partial charge in [-0.25, -0.2) is 0 Å². The summed E-state index contributed by atoms with van der Waals surface area (Å²) in [6.07, 6.45) is 7.48. The van der Waals surface area contributed by atoms with Gasteiger partial charge in [-0.2, -0.15) is 0 Å². The van der Waals surface area contributed by atoms with Crippen LogP contribution in [-0.4, -0.2) is 24.8 Å². The van der Waals surface area contributed by atoms with Crippen LogP contribution in [0.5, 0.6) is 0 Å². The zero-order valence-corrected chi connectivity index (χ0v) is 8.10. The lowest BCUT2D eigenvalue weighted by atomic mass is 10.1. The number of hydrogen-bond acceptors (Lipinski definition) is 2. The van der Waals surface area contributed by atoms with Crippen molar-refractivity contribution in [1.82, 2.24) is 5.32 Å². The molecule has 0 spiro atoms. The first-order valence-corrected chi connectivity index (χ1v) is 5.08.